The summed E-state index contributed by atoms with van der Waals surface area (Å²) in [5, 5.41) is 12.4. The monoisotopic (exact) mass is 231 g/mol. The van der Waals surface area contributed by atoms with E-state index in [1.54, 1.807) is 0 Å². The van der Waals surface area contributed by atoms with E-state index in [2.05, 4.69) is 34.9 Å². The fraction of sp³-hybridized carbons (Fsp3) is 0.889. The summed E-state index contributed by atoms with van der Waals surface area (Å²) < 4.78 is 0.0237. The average Bonchev–Trinajstić information content (AvgIpc) is 2.39. The molecule has 2 aliphatic carbocycles. The fourth-order valence-corrected chi connectivity index (χ4v) is 4.03. The predicted molar refractivity (Wildman–Crippen MR) is 52.0 cm³/mol. The van der Waals surface area contributed by atoms with Gasteiger partial charge in [-0.1, -0.05) is 34.9 Å². The molecule has 2 unspecified atom stereocenters. The number of hydrogen-bond acceptors (Lipinski definition) is 2. The van der Waals surface area contributed by atoms with Crippen LogP contribution in [0.15, 0.2) is 5.16 Å². The van der Waals surface area contributed by atoms with Gasteiger partial charge in [0.05, 0.1) is 10.0 Å². The van der Waals surface area contributed by atoms with E-state index >= 15 is 0 Å². The van der Waals surface area contributed by atoms with Crippen molar-refractivity contribution in [3.63, 3.8) is 0 Å². The Labute approximate surface area is 81.2 Å². The third kappa shape index (κ3) is 0.832. The maximum absolute atomic E-state index is 8.95. The van der Waals surface area contributed by atoms with E-state index < -0.39 is 0 Å². The van der Waals surface area contributed by atoms with E-state index in [9.17, 15) is 0 Å². The molecule has 0 radical (unpaired) electrons. The molecule has 1 N–H and O–H groups in total. The molecular formula is C9H14BrNO. The van der Waals surface area contributed by atoms with Gasteiger partial charge in [-0.25, -0.2) is 0 Å². The Morgan fingerprint density at radius 1 is 1.58 bits per heavy atom. The number of alkyl halides is 1. The molecule has 0 heterocycles. The zero-order chi connectivity index (χ0) is 8.98. The van der Waals surface area contributed by atoms with Crippen molar-refractivity contribution in [1.29, 1.82) is 0 Å². The number of hydrogen-bond donors (Lipinski definition) is 1. The maximum Gasteiger partial charge on any atom is 0.0796 e. The summed E-state index contributed by atoms with van der Waals surface area (Å²) in [7, 11) is 0. The molecule has 2 saturated carbocycles. The first-order valence-electron chi connectivity index (χ1n) is 4.42. The highest BCUT2D eigenvalue weighted by molar-refractivity contribution is 9.10. The Hall–Kier alpha value is -0.0500. The second kappa shape index (κ2) is 2.25. The number of rotatable bonds is 0. The largest absolute Gasteiger partial charge is 0.411 e. The highest BCUT2D eigenvalue weighted by atomic mass is 79.9. The first-order chi connectivity index (χ1) is 5.50. The highest BCUT2D eigenvalue weighted by Gasteiger charge is 2.59. The van der Waals surface area contributed by atoms with Gasteiger partial charge >= 0.3 is 0 Å². The van der Waals surface area contributed by atoms with E-state index in [1.807, 2.05) is 0 Å². The quantitative estimate of drug-likeness (QED) is 0.388. The second-order valence-corrected chi connectivity index (χ2v) is 6.09. The number of fused-ring (bicyclic) bond motifs is 2. The van der Waals surface area contributed by atoms with Crippen molar-refractivity contribution in [2.75, 3.05) is 0 Å². The Kier molecular flexibility index (Phi) is 1.60. The average molecular weight is 232 g/mol. The van der Waals surface area contributed by atoms with Gasteiger partial charge in [-0.3, -0.25) is 0 Å². The zero-order valence-electron chi connectivity index (χ0n) is 7.47. The highest BCUT2D eigenvalue weighted by Crippen LogP contribution is 2.59. The van der Waals surface area contributed by atoms with Gasteiger partial charge in [-0.15, -0.1) is 0 Å². The molecule has 0 aromatic heterocycles. The minimum atomic E-state index is 0.0237. The normalized spacial score (nSPS) is 47.2. The van der Waals surface area contributed by atoms with Crippen LogP contribution in [0.1, 0.15) is 33.1 Å². The van der Waals surface area contributed by atoms with Crippen molar-refractivity contribution in [3.05, 3.63) is 0 Å². The van der Waals surface area contributed by atoms with Crippen molar-refractivity contribution in [2.45, 2.75) is 37.4 Å². The van der Waals surface area contributed by atoms with Crippen LogP contribution < -0.4 is 0 Å². The molecule has 2 atom stereocenters. The van der Waals surface area contributed by atoms with Gasteiger partial charge in [0.1, 0.15) is 0 Å². The standard InChI is InChI=1S/C9H14BrNO/c1-8(2)6-3-4-9(10,5-6)7(8)11-12/h6,12H,3-5H2,1-2H3/b11-7+. The lowest BCUT2D eigenvalue weighted by molar-refractivity contribution is 0.286. The van der Waals surface area contributed by atoms with Crippen LogP contribution in [0.25, 0.3) is 0 Å². The molecule has 0 aromatic rings. The molecule has 68 valence electrons. The Morgan fingerprint density at radius 3 is 2.58 bits per heavy atom. The van der Waals surface area contributed by atoms with Crippen LogP contribution in [0.4, 0.5) is 0 Å². The minimum absolute atomic E-state index is 0.0237. The van der Waals surface area contributed by atoms with E-state index in [4.69, 9.17) is 5.21 Å². The van der Waals surface area contributed by atoms with Crippen LogP contribution >= 0.6 is 15.9 Å². The molecule has 2 bridgehead atoms. The number of oxime groups is 1. The van der Waals surface area contributed by atoms with Crippen molar-refractivity contribution in [2.24, 2.45) is 16.5 Å². The van der Waals surface area contributed by atoms with Gasteiger partial charge in [0, 0.05) is 5.41 Å². The van der Waals surface area contributed by atoms with Crippen molar-refractivity contribution < 1.29 is 5.21 Å². The lowest BCUT2D eigenvalue weighted by Crippen LogP contribution is -2.37. The molecular weight excluding hydrogens is 218 g/mol. The van der Waals surface area contributed by atoms with Gasteiger partial charge in [-0.2, -0.15) is 0 Å². The van der Waals surface area contributed by atoms with Crippen LogP contribution in [-0.4, -0.2) is 15.2 Å². The van der Waals surface area contributed by atoms with Gasteiger partial charge in [0.2, 0.25) is 0 Å². The van der Waals surface area contributed by atoms with Crippen molar-refractivity contribution in [3.8, 4) is 0 Å². The van der Waals surface area contributed by atoms with Crippen LogP contribution in [0.2, 0.25) is 0 Å². The summed E-state index contributed by atoms with van der Waals surface area (Å²) in [6.07, 6.45) is 3.52. The smallest absolute Gasteiger partial charge is 0.0796 e. The molecule has 12 heavy (non-hydrogen) atoms. The number of nitrogens with zero attached hydrogens (tertiary/aromatic N) is 1. The second-order valence-electron chi connectivity index (χ2n) is 4.58. The first kappa shape index (κ1) is 8.54. The third-order valence-electron chi connectivity index (χ3n) is 3.61. The minimum Gasteiger partial charge on any atom is -0.411 e. The third-order valence-corrected chi connectivity index (χ3v) is 4.71. The molecule has 0 aromatic carbocycles. The van der Waals surface area contributed by atoms with E-state index in [0.717, 1.165) is 18.6 Å². The summed E-state index contributed by atoms with van der Waals surface area (Å²) >= 11 is 3.70. The molecule has 3 heteroatoms. The lowest BCUT2D eigenvalue weighted by atomic mass is 9.75. The zero-order valence-corrected chi connectivity index (χ0v) is 9.06. The molecule has 0 amide bonds. The SMILES string of the molecule is CC1(C)/C(=N\O)C2(Br)CCC1C2. The first-order valence-corrected chi connectivity index (χ1v) is 5.22. The summed E-state index contributed by atoms with van der Waals surface area (Å²) in [6.45, 7) is 4.35. The molecule has 0 aliphatic heterocycles. The van der Waals surface area contributed by atoms with E-state index in [0.29, 0.717) is 5.92 Å². The molecule has 2 rings (SSSR count). The van der Waals surface area contributed by atoms with Gasteiger partial charge in [-0.05, 0) is 25.2 Å². The lowest BCUT2D eigenvalue weighted by Gasteiger charge is -2.32. The van der Waals surface area contributed by atoms with Crippen LogP contribution in [-0.2, 0) is 0 Å². The molecule has 2 nitrogen and oxygen atoms in total. The Balaban J connectivity index is 2.45. The van der Waals surface area contributed by atoms with E-state index in [1.165, 1.54) is 6.42 Å². The summed E-state index contributed by atoms with van der Waals surface area (Å²) in [5.41, 5.74) is 1.04. The van der Waals surface area contributed by atoms with Gasteiger partial charge in [0.25, 0.3) is 0 Å². The Bertz CT molecular complexity index is 242. The molecule has 2 aliphatic rings. The summed E-state index contributed by atoms with van der Waals surface area (Å²) in [4.78, 5) is 0. The van der Waals surface area contributed by atoms with Crippen LogP contribution in [0.3, 0.4) is 0 Å². The number of halogens is 1. The molecule has 0 spiro atoms. The van der Waals surface area contributed by atoms with Crippen molar-refractivity contribution in [1.82, 2.24) is 0 Å². The topological polar surface area (TPSA) is 32.6 Å². The van der Waals surface area contributed by atoms with E-state index in [-0.39, 0.29) is 9.74 Å². The van der Waals surface area contributed by atoms with Gasteiger partial charge < -0.3 is 5.21 Å². The maximum atomic E-state index is 8.95. The van der Waals surface area contributed by atoms with Crippen molar-refractivity contribution >= 4 is 21.6 Å². The van der Waals surface area contributed by atoms with Gasteiger partial charge in [0.15, 0.2) is 0 Å². The summed E-state index contributed by atoms with van der Waals surface area (Å²) in [6, 6.07) is 0. The molecule has 0 saturated heterocycles. The fourth-order valence-electron chi connectivity index (χ4n) is 2.82. The predicted octanol–water partition coefficient (Wildman–Crippen LogP) is 2.79. The Morgan fingerprint density at radius 2 is 2.25 bits per heavy atom. The van der Waals surface area contributed by atoms with Crippen LogP contribution in [0, 0.1) is 11.3 Å². The van der Waals surface area contributed by atoms with Crippen LogP contribution in [0.5, 0.6) is 0 Å². The summed E-state index contributed by atoms with van der Waals surface area (Å²) in [5.74, 6) is 0.697. The molecule has 2 fully saturated rings.